The summed E-state index contributed by atoms with van der Waals surface area (Å²) in [6, 6.07) is 5.62. The third-order valence-electron chi connectivity index (χ3n) is 2.61. The maximum Gasteiger partial charge on any atom is 0.142 e. The SMILES string of the molecule is COc1ccc(-n2cnnc2)cc1NCC(O)CCl. The van der Waals surface area contributed by atoms with Gasteiger partial charge in [0, 0.05) is 6.54 Å². The number of aliphatic hydroxyl groups excluding tert-OH is 1. The van der Waals surface area contributed by atoms with Gasteiger partial charge in [-0.15, -0.1) is 21.8 Å². The number of anilines is 1. The highest BCUT2D eigenvalue weighted by atomic mass is 35.5. The molecule has 0 saturated heterocycles. The Morgan fingerprint density at radius 2 is 2.16 bits per heavy atom. The number of benzene rings is 1. The zero-order chi connectivity index (χ0) is 13.7. The molecule has 0 radical (unpaired) electrons. The van der Waals surface area contributed by atoms with Gasteiger partial charge in [-0.25, -0.2) is 0 Å². The Balaban J connectivity index is 2.21. The Hall–Kier alpha value is -1.79. The summed E-state index contributed by atoms with van der Waals surface area (Å²) < 4.78 is 7.05. The molecule has 0 aliphatic heterocycles. The molecule has 6 nitrogen and oxygen atoms in total. The minimum absolute atomic E-state index is 0.181. The molecule has 19 heavy (non-hydrogen) atoms. The average Bonchev–Trinajstić information content (AvgIpc) is 2.98. The smallest absolute Gasteiger partial charge is 0.142 e. The maximum absolute atomic E-state index is 9.48. The van der Waals surface area contributed by atoms with Gasteiger partial charge in [-0.05, 0) is 18.2 Å². The molecule has 0 fully saturated rings. The van der Waals surface area contributed by atoms with E-state index in [9.17, 15) is 5.11 Å². The fourth-order valence-corrected chi connectivity index (χ4v) is 1.72. The highest BCUT2D eigenvalue weighted by Gasteiger charge is 2.08. The summed E-state index contributed by atoms with van der Waals surface area (Å²) in [6.07, 6.45) is 2.61. The maximum atomic E-state index is 9.48. The third kappa shape index (κ3) is 3.36. The Labute approximate surface area is 116 Å². The zero-order valence-electron chi connectivity index (χ0n) is 10.5. The number of halogens is 1. The molecule has 7 heteroatoms. The molecule has 102 valence electrons. The van der Waals surface area contributed by atoms with Gasteiger partial charge in [0.25, 0.3) is 0 Å². The summed E-state index contributed by atoms with van der Waals surface area (Å²) in [5.41, 5.74) is 1.67. The van der Waals surface area contributed by atoms with E-state index in [0.717, 1.165) is 11.4 Å². The molecule has 0 aliphatic rings. The lowest BCUT2D eigenvalue weighted by Gasteiger charge is -2.14. The second-order valence-corrected chi connectivity index (χ2v) is 4.25. The number of nitrogens with one attached hydrogen (secondary N) is 1. The summed E-state index contributed by atoms with van der Waals surface area (Å²) in [7, 11) is 1.59. The molecule has 0 saturated carbocycles. The molecule has 0 aliphatic carbocycles. The van der Waals surface area contributed by atoms with Crippen molar-refractivity contribution in [2.75, 3.05) is 24.9 Å². The zero-order valence-corrected chi connectivity index (χ0v) is 11.2. The van der Waals surface area contributed by atoms with E-state index < -0.39 is 6.10 Å². The standard InChI is InChI=1S/C12H15ClN4O2/c1-19-12-3-2-9(17-7-15-16-8-17)4-11(12)14-6-10(18)5-13/h2-4,7-8,10,14,18H,5-6H2,1H3. The van der Waals surface area contributed by atoms with Crippen LogP contribution in [0.25, 0.3) is 5.69 Å². The monoisotopic (exact) mass is 282 g/mol. The first kappa shape index (κ1) is 13.6. The molecule has 0 spiro atoms. The first-order chi connectivity index (χ1) is 9.24. The van der Waals surface area contributed by atoms with Crippen LogP contribution >= 0.6 is 11.6 Å². The van der Waals surface area contributed by atoms with Gasteiger partial charge in [0.15, 0.2) is 0 Å². The van der Waals surface area contributed by atoms with Crippen LogP contribution in [0.2, 0.25) is 0 Å². The van der Waals surface area contributed by atoms with Crippen LogP contribution < -0.4 is 10.1 Å². The quantitative estimate of drug-likeness (QED) is 0.781. The number of nitrogens with zero attached hydrogens (tertiary/aromatic N) is 3. The summed E-state index contributed by atoms with van der Waals surface area (Å²) >= 11 is 5.56. The first-order valence-corrected chi connectivity index (χ1v) is 6.29. The van der Waals surface area contributed by atoms with E-state index in [4.69, 9.17) is 16.3 Å². The summed E-state index contributed by atoms with van der Waals surface area (Å²) in [4.78, 5) is 0. The molecule has 2 rings (SSSR count). The van der Waals surface area contributed by atoms with E-state index in [-0.39, 0.29) is 5.88 Å². The number of methoxy groups -OCH3 is 1. The van der Waals surface area contributed by atoms with Crippen LogP contribution in [0.4, 0.5) is 5.69 Å². The van der Waals surface area contributed by atoms with Gasteiger partial charge < -0.3 is 15.2 Å². The van der Waals surface area contributed by atoms with Crippen molar-refractivity contribution >= 4 is 17.3 Å². The number of hydrogen-bond donors (Lipinski definition) is 2. The molecule has 2 N–H and O–H groups in total. The van der Waals surface area contributed by atoms with E-state index in [0.29, 0.717) is 12.3 Å². The van der Waals surface area contributed by atoms with Gasteiger partial charge in [-0.3, -0.25) is 4.57 Å². The van der Waals surface area contributed by atoms with Crippen LogP contribution in [0, 0.1) is 0 Å². The topological polar surface area (TPSA) is 72.2 Å². The summed E-state index contributed by atoms with van der Waals surface area (Å²) in [5.74, 6) is 0.874. The molecule has 1 aromatic heterocycles. The van der Waals surface area contributed by atoms with Crippen LogP contribution in [-0.4, -0.2) is 45.5 Å². The van der Waals surface area contributed by atoms with Crippen molar-refractivity contribution in [2.24, 2.45) is 0 Å². The van der Waals surface area contributed by atoms with Crippen LogP contribution in [0.15, 0.2) is 30.9 Å². The van der Waals surface area contributed by atoms with Crippen molar-refractivity contribution in [2.45, 2.75) is 6.10 Å². The Morgan fingerprint density at radius 3 is 2.79 bits per heavy atom. The molecular weight excluding hydrogens is 268 g/mol. The Kier molecular flexibility index (Phi) is 4.59. The largest absolute Gasteiger partial charge is 0.495 e. The second kappa shape index (κ2) is 6.40. The van der Waals surface area contributed by atoms with Crippen LogP contribution in [-0.2, 0) is 0 Å². The van der Waals surface area contributed by atoms with Crippen molar-refractivity contribution in [1.82, 2.24) is 14.8 Å². The van der Waals surface area contributed by atoms with Crippen molar-refractivity contribution in [3.63, 3.8) is 0 Å². The molecule has 1 atom stereocenters. The van der Waals surface area contributed by atoms with Crippen LogP contribution in [0.1, 0.15) is 0 Å². The number of hydrogen-bond acceptors (Lipinski definition) is 5. The van der Waals surface area contributed by atoms with E-state index >= 15 is 0 Å². The molecule has 1 unspecified atom stereocenters. The fourth-order valence-electron chi connectivity index (χ4n) is 1.61. The number of aliphatic hydroxyl groups is 1. The lowest BCUT2D eigenvalue weighted by Crippen LogP contribution is -2.21. The van der Waals surface area contributed by atoms with Gasteiger partial charge in [0.2, 0.25) is 0 Å². The highest BCUT2D eigenvalue weighted by molar-refractivity contribution is 6.18. The predicted molar refractivity (Wildman–Crippen MR) is 73.1 cm³/mol. The van der Waals surface area contributed by atoms with E-state index in [1.54, 1.807) is 24.3 Å². The Bertz CT molecular complexity index is 518. The highest BCUT2D eigenvalue weighted by Crippen LogP contribution is 2.26. The minimum atomic E-state index is -0.607. The van der Waals surface area contributed by atoms with Gasteiger partial charge in [0.1, 0.15) is 18.4 Å². The lowest BCUT2D eigenvalue weighted by molar-refractivity contribution is 0.211. The molecule has 0 amide bonds. The van der Waals surface area contributed by atoms with E-state index in [1.807, 2.05) is 18.2 Å². The van der Waals surface area contributed by atoms with Crippen molar-refractivity contribution < 1.29 is 9.84 Å². The first-order valence-electron chi connectivity index (χ1n) is 5.75. The van der Waals surface area contributed by atoms with Crippen LogP contribution in [0.5, 0.6) is 5.75 Å². The molecular formula is C12H15ClN4O2. The predicted octanol–water partition coefficient (Wildman–Crippen LogP) is 1.29. The fraction of sp³-hybridized carbons (Fsp3) is 0.333. The summed E-state index contributed by atoms with van der Waals surface area (Å²) in [5, 5.41) is 20.1. The van der Waals surface area contributed by atoms with Crippen molar-refractivity contribution in [3.8, 4) is 11.4 Å². The second-order valence-electron chi connectivity index (χ2n) is 3.94. The third-order valence-corrected chi connectivity index (χ3v) is 2.96. The number of alkyl halides is 1. The van der Waals surface area contributed by atoms with Gasteiger partial charge in [0.05, 0.1) is 30.5 Å². The van der Waals surface area contributed by atoms with E-state index in [2.05, 4.69) is 15.5 Å². The number of aromatic nitrogens is 3. The lowest BCUT2D eigenvalue weighted by atomic mass is 10.2. The Morgan fingerprint density at radius 1 is 1.42 bits per heavy atom. The normalized spacial score (nSPS) is 12.2. The van der Waals surface area contributed by atoms with Crippen molar-refractivity contribution in [1.29, 1.82) is 0 Å². The van der Waals surface area contributed by atoms with Crippen molar-refractivity contribution in [3.05, 3.63) is 30.9 Å². The molecule has 1 aromatic carbocycles. The van der Waals surface area contributed by atoms with Crippen LogP contribution in [0.3, 0.4) is 0 Å². The van der Waals surface area contributed by atoms with Gasteiger partial charge in [-0.2, -0.15) is 0 Å². The number of ether oxygens (including phenoxy) is 1. The summed E-state index contributed by atoms with van der Waals surface area (Å²) in [6.45, 7) is 0.353. The minimum Gasteiger partial charge on any atom is -0.495 e. The van der Waals surface area contributed by atoms with Gasteiger partial charge in [-0.1, -0.05) is 0 Å². The molecule has 2 aromatic rings. The van der Waals surface area contributed by atoms with Gasteiger partial charge >= 0.3 is 0 Å². The molecule has 0 bridgehead atoms. The number of rotatable bonds is 6. The van der Waals surface area contributed by atoms with E-state index in [1.165, 1.54) is 0 Å². The average molecular weight is 283 g/mol. The molecule has 1 heterocycles.